The first-order valence-electron chi connectivity index (χ1n) is 7.32. The van der Waals surface area contributed by atoms with Crippen LogP contribution in [0.2, 0.25) is 0 Å². The van der Waals surface area contributed by atoms with Gasteiger partial charge in [0.05, 0.1) is 0 Å². The van der Waals surface area contributed by atoms with Gasteiger partial charge in [-0.1, -0.05) is 23.9 Å². The zero-order chi connectivity index (χ0) is 14.5. The molecule has 1 aromatic carbocycles. The average molecular weight is 359 g/mol. The molecule has 0 aliphatic carbocycles. The summed E-state index contributed by atoms with van der Waals surface area (Å²) < 4.78 is 14.1. The fourth-order valence-corrected chi connectivity index (χ4v) is 4.61. The highest BCUT2D eigenvalue weighted by Crippen LogP contribution is 2.31. The molecule has 0 amide bonds. The SMILES string of the molecule is Cl.Fc1ccc(CCN2CCC(Sc3nccs3)CC2)cc1. The van der Waals surface area contributed by atoms with Crippen molar-refractivity contribution in [2.75, 3.05) is 19.6 Å². The van der Waals surface area contributed by atoms with Crippen molar-refractivity contribution in [2.45, 2.75) is 28.9 Å². The van der Waals surface area contributed by atoms with Crippen molar-refractivity contribution in [3.05, 3.63) is 47.2 Å². The summed E-state index contributed by atoms with van der Waals surface area (Å²) in [5, 5.41) is 2.75. The molecule has 0 bridgehead atoms. The molecule has 1 aliphatic heterocycles. The summed E-state index contributed by atoms with van der Waals surface area (Å²) in [5.41, 5.74) is 1.22. The second kappa shape index (κ2) is 8.87. The highest BCUT2D eigenvalue weighted by molar-refractivity contribution is 8.01. The number of thiazole rings is 1. The van der Waals surface area contributed by atoms with Crippen LogP contribution < -0.4 is 0 Å². The van der Waals surface area contributed by atoms with E-state index in [2.05, 4.69) is 9.88 Å². The topological polar surface area (TPSA) is 16.1 Å². The maximum atomic E-state index is 12.9. The lowest BCUT2D eigenvalue weighted by Crippen LogP contribution is -2.36. The highest BCUT2D eigenvalue weighted by atomic mass is 35.5. The van der Waals surface area contributed by atoms with E-state index in [1.54, 1.807) is 23.5 Å². The number of aromatic nitrogens is 1. The van der Waals surface area contributed by atoms with E-state index in [-0.39, 0.29) is 18.2 Å². The molecule has 22 heavy (non-hydrogen) atoms. The van der Waals surface area contributed by atoms with Crippen molar-refractivity contribution in [2.24, 2.45) is 0 Å². The van der Waals surface area contributed by atoms with Gasteiger partial charge in [0, 0.05) is 23.4 Å². The summed E-state index contributed by atoms with van der Waals surface area (Å²) in [6.07, 6.45) is 5.34. The van der Waals surface area contributed by atoms with Crippen LogP contribution in [0.4, 0.5) is 4.39 Å². The van der Waals surface area contributed by atoms with E-state index in [0.29, 0.717) is 5.25 Å². The first-order valence-corrected chi connectivity index (χ1v) is 9.08. The molecule has 120 valence electrons. The maximum absolute atomic E-state index is 12.9. The van der Waals surface area contributed by atoms with E-state index < -0.39 is 0 Å². The normalized spacial score (nSPS) is 16.4. The van der Waals surface area contributed by atoms with Crippen molar-refractivity contribution in [1.82, 2.24) is 9.88 Å². The fourth-order valence-electron chi connectivity index (χ4n) is 2.60. The van der Waals surface area contributed by atoms with Gasteiger partial charge < -0.3 is 4.90 Å². The minimum atomic E-state index is -0.154. The van der Waals surface area contributed by atoms with E-state index in [4.69, 9.17) is 0 Å². The summed E-state index contributed by atoms with van der Waals surface area (Å²) in [7, 11) is 0. The van der Waals surface area contributed by atoms with Crippen LogP contribution in [0.15, 0.2) is 40.2 Å². The number of hydrogen-bond donors (Lipinski definition) is 0. The molecule has 1 aliphatic rings. The molecule has 1 aromatic heterocycles. The summed E-state index contributed by atoms with van der Waals surface area (Å²) in [5.74, 6) is -0.154. The van der Waals surface area contributed by atoms with Gasteiger partial charge in [-0.2, -0.15) is 0 Å². The number of piperidine rings is 1. The Morgan fingerprint density at radius 1 is 1.23 bits per heavy atom. The van der Waals surface area contributed by atoms with Gasteiger partial charge in [-0.15, -0.1) is 23.7 Å². The second-order valence-corrected chi connectivity index (χ2v) is 7.78. The van der Waals surface area contributed by atoms with Crippen molar-refractivity contribution >= 4 is 35.5 Å². The molecule has 6 heteroatoms. The number of thioether (sulfide) groups is 1. The van der Waals surface area contributed by atoms with Crippen molar-refractivity contribution in [3.63, 3.8) is 0 Å². The number of halogens is 2. The maximum Gasteiger partial charge on any atom is 0.150 e. The molecule has 0 unspecified atom stereocenters. The molecule has 2 aromatic rings. The third-order valence-corrected chi connectivity index (χ3v) is 6.10. The minimum Gasteiger partial charge on any atom is -0.303 e. The molecule has 1 fully saturated rings. The Morgan fingerprint density at radius 2 is 1.95 bits per heavy atom. The Hall–Kier alpha value is -0.620. The van der Waals surface area contributed by atoms with Gasteiger partial charge in [0.1, 0.15) is 10.2 Å². The number of likely N-dealkylation sites (tertiary alicyclic amines) is 1. The predicted octanol–water partition coefficient (Wildman–Crippen LogP) is 4.50. The van der Waals surface area contributed by atoms with E-state index in [9.17, 15) is 4.39 Å². The largest absolute Gasteiger partial charge is 0.303 e. The van der Waals surface area contributed by atoms with E-state index >= 15 is 0 Å². The number of hydrogen-bond acceptors (Lipinski definition) is 4. The zero-order valence-corrected chi connectivity index (χ0v) is 14.7. The summed E-state index contributed by atoms with van der Waals surface area (Å²) in [6.45, 7) is 3.38. The minimum absolute atomic E-state index is 0. The van der Waals surface area contributed by atoms with Gasteiger partial charge in [-0.05, 0) is 50.0 Å². The Labute approximate surface area is 145 Å². The molecule has 2 nitrogen and oxygen atoms in total. The first-order chi connectivity index (χ1) is 10.3. The number of rotatable bonds is 5. The fraction of sp³-hybridized carbons (Fsp3) is 0.438. The van der Waals surface area contributed by atoms with Crippen LogP contribution in [0.3, 0.4) is 0 Å². The smallest absolute Gasteiger partial charge is 0.150 e. The van der Waals surface area contributed by atoms with Gasteiger partial charge in [0.2, 0.25) is 0 Å². The summed E-state index contributed by atoms with van der Waals surface area (Å²) in [6, 6.07) is 6.87. The van der Waals surface area contributed by atoms with Gasteiger partial charge in [0.25, 0.3) is 0 Å². The van der Waals surface area contributed by atoms with E-state index in [1.165, 1.54) is 22.7 Å². The van der Waals surface area contributed by atoms with Gasteiger partial charge in [-0.25, -0.2) is 9.37 Å². The van der Waals surface area contributed by atoms with Crippen LogP contribution in [-0.4, -0.2) is 34.8 Å². The molecule has 0 spiro atoms. The molecule has 0 atom stereocenters. The third-order valence-electron chi connectivity index (χ3n) is 3.84. The highest BCUT2D eigenvalue weighted by Gasteiger charge is 2.20. The lowest BCUT2D eigenvalue weighted by molar-refractivity contribution is 0.235. The standard InChI is InChI=1S/C16H19FN2S2.ClH/c17-14-3-1-13(2-4-14)5-9-19-10-6-15(7-11-19)21-16-18-8-12-20-16;/h1-4,8,12,15H,5-7,9-11H2;1H. The Balaban J connectivity index is 0.00000176. The Bertz CT molecular complexity index is 540. The van der Waals surface area contributed by atoms with Crippen LogP contribution in [0.5, 0.6) is 0 Å². The van der Waals surface area contributed by atoms with Crippen LogP contribution in [0, 0.1) is 5.82 Å². The van der Waals surface area contributed by atoms with E-state index in [1.807, 2.05) is 35.5 Å². The van der Waals surface area contributed by atoms with Gasteiger partial charge in [-0.3, -0.25) is 0 Å². The number of nitrogens with zero attached hydrogens (tertiary/aromatic N) is 2. The molecule has 0 saturated carbocycles. The van der Waals surface area contributed by atoms with Crippen molar-refractivity contribution in [3.8, 4) is 0 Å². The van der Waals surface area contributed by atoms with Gasteiger partial charge >= 0.3 is 0 Å². The third kappa shape index (κ3) is 5.23. The molecule has 3 rings (SSSR count). The lowest BCUT2D eigenvalue weighted by atomic mass is 10.1. The first kappa shape index (κ1) is 17.7. The molecule has 2 heterocycles. The quantitative estimate of drug-likeness (QED) is 0.782. The Kier molecular flexibility index (Phi) is 7.15. The van der Waals surface area contributed by atoms with Crippen LogP contribution in [-0.2, 0) is 6.42 Å². The van der Waals surface area contributed by atoms with Crippen LogP contribution in [0.25, 0.3) is 0 Å². The lowest BCUT2D eigenvalue weighted by Gasteiger charge is -2.31. The van der Waals surface area contributed by atoms with Crippen LogP contribution >= 0.6 is 35.5 Å². The number of benzene rings is 1. The predicted molar refractivity (Wildman–Crippen MR) is 94.8 cm³/mol. The summed E-state index contributed by atoms with van der Waals surface area (Å²) in [4.78, 5) is 6.87. The van der Waals surface area contributed by atoms with E-state index in [0.717, 1.165) is 26.1 Å². The summed E-state index contributed by atoms with van der Waals surface area (Å²) >= 11 is 3.66. The zero-order valence-electron chi connectivity index (χ0n) is 12.3. The average Bonchev–Trinajstić information content (AvgIpc) is 3.01. The van der Waals surface area contributed by atoms with Crippen molar-refractivity contribution < 1.29 is 4.39 Å². The Morgan fingerprint density at radius 3 is 2.59 bits per heavy atom. The second-order valence-electron chi connectivity index (χ2n) is 5.33. The molecule has 0 N–H and O–H groups in total. The van der Waals surface area contributed by atoms with Gasteiger partial charge in [0.15, 0.2) is 0 Å². The molecule has 1 saturated heterocycles. The van der Waals surface area contributed by atoms with Crippen molar-refractivity contribution in [1.29, 1.82) is 0 Å². The van der Waals surface area contributed by atoms with Crippen LogP contribution in [0.1, 0.15) is 18.4 Å². The molecule has 0 radical (unpaired) electrons. The molecular weight excluding hydrogens is 339 g/mol. The monoisotopic (exact) mass is 358 g/mol. The molecular formula is C16H20ClFN2S2.